The summed E-state index contributed by atoms with van der Waals surface area (Å²) in [6.07, 6.45) is 0. The molecule has 80 valence electrons. The molecule has 0 fully saturated rings. The molecule has 0 aromatic carbocycles. The van der Waals surface area contributed by atoms with E-state index >= 15 is 0 Å². The predicted octanol–water partition coefficient (Wildman–Crippen LogP) is 1.47. The first kappa shape index (κ1) is 11.5. The van der Waals surface area contributed by atoms with E-state index < -0.39 is 23.6 Å². The zero-order chi connectivity index (χ0) is 11.0. The average Bonchev–Trinajstić information content (AvgIpc) is 2.23. The Morgan fingerprint density at radius 3 is 2.36 bits per heavy atom. The third kappa shape index (κ3) is 1.65. The highest BCUT2D eigenvalue weighted by atomic mass is 35.5. The summed E-state index contributed by atoms with van der Waals surface area (Å²) in [7, 11) is 1.21. The molecule has 0 radical (unpaired) electrons. The lowest BCUT2D eigenvalue weighted by Crippen LogP contribution is -2.41. The number of rotatable bonds is 2. The molecule has 1 rings (SSSR count). The van der Waals surface area contributed by atoms with Gasteiger partial charge in [0.25, 0.3) is 0 Å². The number of hydrogen-bond donors (Lipinski definition) is 1. The summed E-state index contributed by atoms with van der Waals surface area (Å²) in [6.45, 7) is -2.91. The molecule has 8 heteroatoms. The second-order valence-electron chi connectivity index (χ2n) is 2.53. The smallest absolute Gasteiger partial charge is 0.337 e. The van der Waals surface area contributed by atoms with Crippen molar-refractivity contribution >= 4 is 29.2 Å². The standard InChI is InChI=1S/C6H6Cl2F2N2O2/c1-11-3(7)2(5(13)14)4(8)12(11)6(9)10/h4,6H,1H3,(H,13,14). The first-order chi connectivity index (χ1) is 6.37. The summed E-state index contributed by atoms with van der Waals surface area (Å²) < 4.78 is 24.7. The average molecular weight is 247 g/mol. The van der Waals surface area contributed by atoms with E-state index in [0.717, 1.165) is 5.01 Å². The Labute approximate surface area is 88.3 Å². The van der Waals surface area contributed by atoms with E-state index in [0.29, 0.717) is 5.01 Å². The number of nitrogens with zero attached hydrogens (tertiary/aromatic N) is 2. The van der Waals surface area contributed by atoms with E-state index in [1.54, 1.807) is 0 Å². The van der Waals surface area contributed by atoms with E-state index in [4.69, 9.17) is 28.3 Å². The Bertz CT molecular complexity index is 298. The van der Waals surface area contributed by atoms with Gasteiger partial charge in [0.05, 0.1) is 0 Å². The molecule has 0 amide bonds. The summed E-state index contributed by atoms with van der Waals surface area (Å²) in [6, 6.07) is 0. The molecule has 0 bridgehead atoms. The normalized spacial score (nSPS) is 23.9. The topological polar surface area (TPSA) is 43.8 Å². The van der Waals surface area contributed by atoms with Gasteiger partial charge < -0.3 is 5.11 Å². The van der Waals surface area contributed by atoms with Crippen LogP contribution in [-0.2, 0) is 4.79 Å². The van der Waals surface area contributed by atoms with Crippen molar-refractivity contribution in [1.29, 1.82) is 0 Å². The van der Waals surface area contributed by atoms with Crippen molar-refractivity contribution < 1.29 is 18.7 Å². The van der Waals surface area contributed by atoms with Crippen molar-refractivity contribution in [3.8, 4) is 0 Å². The summed E-state index contributed by atoms with van der Waals surface area (Å²) in [4.78, 5) is 10.6. The van der Waals surface area contributed by atoms with Crippen LogP contribution < -0.4 is 0 Å². The van der Waals surface area contributed by atoms with Crippen LogP contribution in [0.3, 0.4) is 0 Å². The molecule has 1 N–H and O–H groups in total. The maximum absolute atomic E-state index is 12.4. The van der Waals surface area contributed by atoms with Crippen molar-refractivity contribution in [1.82, 2.24) is 10.0 Å². The van der Waals surface area contributed by atoms with Crippen LogP contribution in [0.25, 0.3) is 0 Å². The van der Waals surface area contributed by atoms with Gasteiger partial charge in [-0.1, -0.05) is 23.2 Å². The van der Waals surface area contributed by atoms with Crippen LogP contribution in [0.1, 0.15) is 0 Å². The van der Waals surface area contributed by atoms with E-state index in [1.165, 1.54) is 7.05 Å². The summed E-state index contributed by atoms with van der Waals surface area (Å²) in [5.74, 6) is -1.41. The van der Waals surface area contributed by atoms with Crippen LogP contribution in [0.2, 0.25) is 0 Å². The molecule has 4 nitrogen and oxygen atoms in total. The summed E-state index contributed by atoms with van der Waals surface area (Å²) in [5, 5.41) is 9.52. The number of halogens is 4. The Morgan fingerprint density at radius 2 is 2.14 bits per heavy atom. The highest BCUT2D eigenvalue weighted by Crippen LogP contribution is 2.34. The van der Waals surface area contributed by atoms with Gasteiger partial charge in [-0.05, 0) is 0 Å². The van der Waals surface area contributed by atoms with Crippen LogP contribution in [0.4, 0.5) is 8.78 Å². The Balaban J connectivity index is 3.04. The second-order valence-corrected chi connectivity index (χ2v) is 3.30. The van der Waals surface area contributed by atoms with Crippen molar-refractivity contribution in [2.24, 2.45) is 0 Å². The quantitative estimate of drug-likeness (QED) is 0.592. The largest absolute Gasteiger partial charge is 0.478 e. The molecule has 14 heavy (non-hydrogen) atoms. The monoisotopic (exact) mass is 246 g/mol. The minimum atomic E-state index is -2.91. The molecular weight excluding hydrogens is 241 g/mol. The van der Waals surface area contributed by atoms with Gasteiger partial charge in [0, 0.05) is 7.05 Å². The van der Waals surface area contributed by atoms with Gasteiger partial charge in [0.2, 0.25) is 0 Å². The molecule has 1 unspecified atom stereocenters. The summed E-state index contributed by atoms with van der Waals surface area (Å²) >= 11 is 11.0. The Hall–Kier alpha value is -0.590. The third-order valence-corrected chi connectivity index (χ3v) is 2.62. The fraction of sp³-hybridized carbons (Fsp3) is 0.500. The molecule has 1 aliphatic rings. The van der Waals surface area contributed by atoms with Crippen molar-refractivity contribution in [2.75, 3.05) is 7.05 Å². The number of carboxylic acid groups (broad SMARTS) is 1. The van der Waals surface area contributed by atoms with Gasteiger partial charge >= 0.3 is 12.5 Å². The molecule has 0 aromatic rings. The molecule has 0 saturated carbocycles. The number of aliphatic carboxylic acids is 1. The Morgan fingerprint density at radius 1 is 1.64 bits per heavy atom. The molecule has 0 aromatic heterocycles. The lowest BCUT2D eigenvalue weighted by molar-refractivity contribution is -0.135. The lowest BCUT2D eigenvalue weighted by Gasteiger charge is -2.27. The summed E-state index contributed by atoms with van der Waals surface area (Å²) in [5.41, 5.74) is -1.90. The zero-order valence-corrected chi connectivity index (χ0v) is 8.43. The molecule has 0 saturated heterocycles. The van der Waals surface area contributed by atoms with Gasteiger partial charge in [0.15, 0.2) is 0 Å². The molecule has 1 atom stereocenters. The molecule has 1 aliphatic heterocycles. The second kappa shape index (κ2) is 3.88. The first-order valence-electron chi connectivity index (χ1n) is 3.45. The van der Waals surface area contributed by atoms with E-state index in [2.05, 4.69) is 0 Å². The van der Waals surface area contributed by atoms with Crippen molar-refractivity contribution in [3.63, 3.8) is 0 Å². The maximum Gasteiger partial charge on any atom is 0.337 e. The van der Waals surface area contributed by atoms with Gasteiger partial charge in [-0.25, -0.2) is 4.79 Å². The maximum atomic E-state index is 12.4. The number of alkyl halides is 3. The highest BCUT2D eigenvalue weighted by molar-refractivity contribution is 6.34. The van der Waals surface area contributed by atoms with Gasteiger partial charge in [-0.15, -0.1) is 5.01 Å². The van der Waals surface area contributed by atoms with E-state index in [1.807, 2.05) is 0 Å². The van der Waals surface area contributed by atoms with Gasteiger partial charge in [-0.2, -0.15) is 8.78 Å². The first-order valence-corrected chi connectivity index (χ1v) is 4.26. The third-order valence-electron chi connectivity index (χ3n) is 1.75. The van der Waals surface area contributed by atoms with Crippen LogP contribution in [-0.4, -0.2) is 40.2 Å². The van der Waals surface area contributed by atoms with Gasteiger partial charge in [-0.3, -0.25) is 5.01 Å². The van der Waals surface area contributed by atoms with E-state index in [-0.39, 0.29) is 5.16 Å². The van der Waals surface area contributed by atoms with Crippen LogP contribution in [0.5, 0.6) is 0 Å². The zero-order valence-electron chi connectivity index (χ0n) is 6.92. The van der Waals surface area contributed by atoms with Crippen molar-refractivity contribution in [2.45, 2.75) is 12.1 Å². The van der Waals surface area contributed by atoms with Gasteiger partial charge in [0.1, 0.15) is 16.2 Å². The Kier molecular flexibility index (Phi) is 3.18. The van der Waals surface area contributed by atoms with Crippen LogP contribution in [0, 0.1) is 0 Å². The van der Waals surface area contributed by atoms with Crippen LogP contribution >= 0.6 is 23.2 Å². The molecule has 1 heterocycles. The fourth-order valence-corrected chi connectivity index (χ4v) is 1.82. The molecule has 0 spiro atoms. The minimum Gasteiger partial charge on any atom is -0.478 e. The highest BCUT2D eigenvalue weighted by Gasteiger charge is 2.43. The minimum absolute atomic E-state index is 0.308. The van der Waals surface area contributed by atoms with Crippen LogP contribution in [0.15, 0.2) is 10.7 Å². The SMILES string of the molecule is CN1C(Cl)=C(C(=O)O)C(Cl)N1C(F)F. The van der Waals surface area contributed by atoms with Crippen molar-refractivity contribution in [3.05, 3.63) is 10.7 Å². The molecular formula is C6H6Cl2F2N2O2. The number of hydrazine groups is 1. The fourth-order valence-electron chi connectivity index (χ4n) is 1.08. The molecule has 0 aliphatic carbocycles. The number of hydrogen-bond acceptors (Lipinski definition) is 3. The predicted molar refractivity (Wildman–Crippen MR) is 45.8 cm³/mol. The number of carbonyl (C=O) groups is 1. The number of carboxylic acids is 1. The van der Waals surface area contributed by atoms with E-state index in [9.17, 15) is 13.6 Å². The lowest BCUT2D eigenvalue weighted by atomic mass is 10.3.